The summed E-state index contributed by atoms with van der Waals surface area (Å²) in [6, 6.07) is 0. The first-order valence-electron chi connectivity index (χ1n) is 2.20. The van der Waals surface area contributed by atoms with Crippen molar-refractivity contribution in [3.63, 3.8) is 0 Å². The van der Waals surface area contributed by atoms with E-state index in [1.54, 1.807) is 0 Å². The van der Waals surface area contributed by atoms with Crippen molar-refractivity contribution in [2.45, 2.75) is 12.2 Å². The molecule has 0 aliphatic heterocycles. The Kier molecular flexibility index (Phi) is 5.25. The minimum Gasteiger partial charge on any atom is -0.390 e. The van der Waals surface area contributed by atoms with Crippen LogP contribution in [0.2, 0.25) is 0 Å². The van der Waals surface area contributed by atoms with Crippen LogP contribution in [-0.4, -0.2) is 33.1 Å². The maximum Gasteiger partial charge on any atom is 0.0903 e. The van der Waals surface area contributed by atoms with Gasteiger partial charge in [-0.25, -0.2) is 0 Å². The molecule has 2 N–H and O–H groups in total. The standard InChI is InChI=1S/C4H8Br2O2/c5-1-3(7)4(8)2-6/h3-4,7-8H,1-2H2/t3-,4-/m0/s1. The van der Waals surface area contributed by atoms with E-state index in [9.17, 15) is 0 Å². The highest BCUT2D eigenvalue weighted by molar-refractivity contribution is 9.09. The van der Waals surface area contributed by atoms with Gasteiger partial charge in [0.2, 0.25) is 0 Å². The maximum absolute atomic E-state index is 8.80. The van der Waals surface area contributed by atoms with Crippen molar-refractivity contribution >= 4 is 31.9 Å². The molecular weight excluding hydrogens is 240 g/mol. The van der Waals surface area contributed by atoms with Crippen molar-refractivity contribution in [3.05, 3.63) is 0 Å². The lowest BCUT2D eigenvalue weighted by molar-refractivity contribution is 0.0515. The Morgan fingerprint density at radius 1 is 1.00 bits per heavy atom. The van der Waals surface area contributed by atoms with Gasteiger partial charge in [0, 0.05) is 10.7 Å². The zero-order valence-corrected chi connectivity index (χ0v) is 7.39. The van der Waals surface area contributed by atoms with E-state index in [-0.39, 0.29) is 0 Å². The van der Waals surface area contributed by atoms with E-state index in [2.05, 4.69) is 31.9 Å². The molecule has 0 rings (SSSR count). The molecule has 0 bridgehead atoms. The Balaban J connectivity index is 3.29. The molecule has 4 heteroatoms. The highest BCUT2D eigenvalue weighted by Gasteiger charge is 2.11. The minimum atomic E-state index is -0.658. The molecule has 0 aromatic rings. The van der Waals surface area contributed by atoms with E-state index >= 15 is 0 Å². The average molecular weight is 248 g/mol. The molecule has 8 heavy (non-hydrogen) atoms. The number of hydrogen-bond donors (Lipinski definition) is 2. The van der Waals surface area contributed by atoms with Crippen LogP contribution in [-0.2, 0) is 0 Å². The van der Waals surface area contributed by atoms with Crippen LogP contribution in [0.4, 0.5) is 0 Å². The third-order valence-electron chi connectivity index (χ3n) is 0.760. The molecule has 0 fully saturated rings. The summed E-state index contributed by atoms with van der Waals surface area (Å²) in [7, 11) is 0. The van der Waals surface area contributed by atoms with Crippen LogP contribution in [0.3, 0.4) is 0 Å². The number of alkyl halides is 2. The molecule has 0 aliphatic carbocycles. The zero-order chi connectivity index (χ0) is 6.57. The lowest BCUT2D eigenvalue weighted by Crippen LogP contribution is -2.28. The Morgan fingerprint density at radius 3 is 1.38 bits per heavy atom. The Morgan fingerprint density at radius 2 is 1.25 bits per heavy atom. The van der Waals surface area contributed by atoms with Crippen LogP contribution in [0, 0.1) is 0 Å². The molecule has 0 aromatic heterocycles. The topological polar surface area (TPSA) is 40.5 Å². The summed E-state index contributed by atoms with van der Waals surface area (Å²) < 4.78 is 0. The minimum absolute atomic E-state index is 0.416. The van der Waals surface area contributed by atoms with Gasteiger partial charge in [0.05, 0.1) is 12.2 Å². The molecule has 2 nitrogen and oxygen atoms in total. The van der Waals surface area contributed by atoms with E-state index < -0.39 is 12.2 Å². The fourth-order valence-corrected chi connectivity index (χ4v) is 1.07. The SMILES string of the molecule is O[C@@H](CBr)[C@@H](O)CBr. The van der Waals surface area contributed by atoms with Gasteiger partial charge in [-0.2, -0.15) is 0 Å². The predicted octanol–water partition coefficient (Wildman–Crippen LogP) is 0.498. The van der Waals surface area contributed by atoms with Gasteiger partial charge >= 0.3 is 0 Å². The van der Waals surface area contributed by atoms with Crippen molar-refractivity contribution in [2.24, 2.45) is 0 Å². The van der Waals surface area contributed by atoms with Crippen LogP contribution in [0.15, 0.2) is 0 Å². The molecule has 0 amide bonds. The first-order valence-corrected chi connectivity index (χ1v) is 4.44. The normalized spacial score (nSPS) is 18.0. The molecule has 0 saturated heterocycles. The zero-order valence-electron chi connectivity index (χ0n) is 4.22. The fourth-order valence-electron chi connectivity index (χ4n) is 0.206. The Hall–Kier alpha value is 0.880. The van der Waals surface area contributed by atoms with Gasteiger partial charge in [0.15, 0.2) is 0 Å². The second-order valence-corrected chi connectivity index (χ2v) is 2.74. The molecule has 0 aliphatic rings. The number of halogens is 2. The molecule has 0 spiro atoms. The molecule has 0 unspecified atom stereocenters. The Bertz CT molecular complexity index is 52.0. The Labute approximate surface area is 65.2 Å². The van der Waals surface area contributed by atoms with Gasteiger partial charge < -0.3 is 10.2 Å². The van der Waals surface area contributed by atoms with Crippen LogP contribution < -0.4 is 0 Å². The third kappa shape index (κ3) is 3.02. The van der Waals surface area contributed by atoms with Crippen LogP contribution in [0.1, 0.15) is 0 Å². The highest BCUT2D eigenvalue weighted by atomic mass is 79.9. The summed E-state index contributed by atoms with van der Waals surface area (Å²) in [5.74, 6) is 0. The van der Waals surface area contributed by atoms with E-state index in [1.165, 1.54) is 0 Å². The van der Waals surface area contributed by atoms with Gasteiger partial charge in [-0.05, 0) is 0 Å². The molecule has 0 saturated carbocycles. The van der Waals surface area contributed by atoms with Gasteiger partial charge in [0.1, 0.15) is 0 Å². The van der Waals surface area contributed by atoms with Gasteiger partial charge in [-0.3, -0.25) is 0 Å². The van der Waals surface area contributed by atoms with E-state index in [4.69, 9.17) is 10.2 Å². The predicted molar refractivity (Wildman–Crippen MR) is 39.6 cm³/mol. The lowest BCUT2D eigenvalue weighted by Gasteiger charge is -2.10. The van der Waals surface area contributed by atoms with Crippen molar-refractivity contribution < 1.29 is 10.2 Å². The smallest absolute Gasteiger partial charge is 0.0903 e. The quantitative estimate of drug-likeness (QED) is 0.714. The summed E-state index contributed by atoms with van der Waals surface area (Å²) in [6.45, 7) is 0. The molecular formula is C4H8Br2O2. The first kappa shape index (κ1) is 8.88. The van der Waals surface area contributed by atoms with Crippen LogP contribution in [0.5, 0.6) is 0 Å². The van der Waals surface area contributed by atoms with E-state index in [0.29, 0.717) is 10.7 Å². The summed E-state index contributed by atoms with van der Waals surface area (Å²) >= 11 is 6.05. The van der Waals surface area contributed by atoms with Gasteiger partial charge in [0.25, 0.3) is 0 Å². The third-order valence-corrected chi connectivity index (χ3v) is 2.09. The first-order chi connectivity index (χ1) is 3.72. The maximum atomic E-state index is 8.80. The summed E-state index contributed by atoms with van der Waals surface area (Å²) in [6.07, 6.45) is -1.32. The fraction of sp³-hybridized carbons (Fsp3) is 1.00. The van der Waals surface area contributed by atoms with Crippen molar-refractivity contribution in [1.82, 2.24) is 0 Å². The van der Waals surface area contributed by atoms with Crippen LogP contribution in [0.25, 0.3) is 0 Å². The molecule has 0 radical (unpaired) electrons. The molecule has 0 aromatic carbocycles. The monoisotopic (exact) mass is 246 g/mol. The van der Waals surface area contributed by atoms with Crippen molar-refractivity contribution in [1.29, 1.82) is 0 Å². The number of aliphatic hydroxyl groups is 2. The second-order valence-electron chi connectivity index (χ2n) is 1.44. The van der Waals surface area contributed by atoms with Crippen molar-refractivity contribution in [3.8, 4) is 0 Å². The number of hydrogen-bond acceptors (Lipinski definition) is 2. The van der Waals surface area contributed by atoms with E-state index in [1.807, 2.05) is 0 Å². The second kappa shape index (κ2) is 4.73. The van der Waals surface area contributed by atoms with Gasteiger partial charge in [-0.15, -0.1) is 0 Å². The number of rotatable bonds is 3. The summed E-state index contributed by atoms with van der Waals surface area (Å²) in [5.41, 5.74) is 0. The van der Waals surface area contributed by atoms with Crippen LogP contribution >= 0.6 is 31.9 Å². The summed E-state index contributed by atoms with van der Waals surface area (Å²) in [5, 5.41) is 18.4. The lowest BCUT2D eigenvalue weighted by atomic mass is 10.3. The molecule has 0 heterocycles. The summed E-state index contributed by atoms with van der Waals surface area (Å²) in [4.78, 5) is 0. The van der Waals surface area contributed by atoms with E-state index in [0.717, 1.165) is 0 Å². The molecule has 2 atom stereocenters. The number of aliphatic hydroxyl groups excluding tert-OH is 2. The van der Waals surface area contributed by atoms with Gasteiger partial charge in [-0.1, -0.05) is 31.9 Å². The van der Waals surface area contributed by atoms with Crippen molar-refractivity contribution in [2.75, 3.05) is 10.7 Å². The molecule has 50 valence electrons. The highest BCUT2D eigenvalue weighted by Crippen LogP contribution is 2.00. The largest absolute Gasteiger partial charge is 0.390 e. The average Bonchev–Trinajstić information content (AvgIpc) is 1.84.